The molecule has 8 nitrogen and oxygen atoms in total. The van der Waals surface area contributed by atoms with E-state index in [0.717, 1.165) is 0 Å². The summed E-state index contributed by atoms with van der Waals surface area (Å²) >= 11 is 0. The van der Waals surface area contributed by atoms with Crippen molar-refractivity contribution in [3.8, 4) is 0 Å². The van der Waals surface area contributed by atoms with Crippen molar-refractivity contribution < 1.29 is 14.5 Å². The van der Waals surface area contributed by atoms with Crippen LogP contribution in [0.1, 0.15) is 19.7 Å². The number of nitrogens with two attached hydrogens (primary N) is 1. The van der Waals surface area contributed by atoms with Crippen molar-refractivity contribution in [2.75, 3.05) is 6.61 Å². The predicted molar refractivity (Wildman–Crippen MR) is 67.4 cm³/mol. The summed E-state index contributed by atoms with van der Waals surface area (Å²) in [5, 5.41) is 10.7. The number of hydrogen-bond donors (Lipinski definition) is 1. The third kappa shape index (κ3) is 3.75. The fourth-order valence-corrected chi connectivity index (χ4v) is 1.48. The van der Waals surface area contributed by atoms with E-state index in [1.54, 1.807) is 6.92 Å². The van der Waals surface area contributed by atoms with Crippen molar-refractivity contribution in [1.29, 1.82) is 0 Å². The summed E-state index contributed by atoms with van der Waals surface area (Å²) in [6, 6.07) is -0.682. The van der Waals surface area contributed by atoms with Crippen molar-refractivity contribution in [2.24, 2.45) is 11.7 Å². The van der Waals surface area contributed by atoms with E-state index in [1.807, 2.05) is 13.8 Å². The number of esters is 1. The van der Waals surface area contributed by atoms with Crippen molar-refractivity contribution in [3.05, 3.63) is 22.1 Å². The van der Waals surface area contributed by atoms with Crippen LogP contribution in [-0.4, -0.2) is 33.1 Å². The topological polar surface area (TPSA) is 113 Å². The number of aryl methyl sites for hydroxylation is 1. The molecular weight excluding hydrogens is 252 g/mol. The smallest absolute Gasteiger partial charge is 0.342 e. The van der Waals surface area contributed by atoms with Gasteiger partial charge in [0, 0.05) is 6.92 Å². The highest BCUT2D eigenvalue weighted by atomic mass is 16.6. The van der Waals surface area contributed by atoms with Crippen LogP contribution in [0, 0.1) is 23.0 Å². The lowest BCUT2D eigenvalue weighted by Crippen LogP contribution is -2.37. The van der Waals surface area contributed by atoms with Gasteiger partial charge in [0.15, 0.2) is 5.82 Å². The molecule has 1 aromatic rings. The van der Waals surface area contributed by atoms with Gasteiger partial charge in [-0.05, 0) is 10.8 Å². The normalized spacial score (nSPS) is 12.5. The number of aromatic nitrogens is 2. The van der Waals surface area contributed by atoms with Crippen LogP contribution in [0.3, 0.4) is 0 Å². The van der Waals surface area contributed by atoms with Crippen molar-refractivity contribution in [1.82, 2.24) is 9.55 Å². The second-order valence-corrected chi connectivity index (χ2v) is 4.51. The van der Waals surface area contributed by atoms with E-state index >= 15 is 0 Å². The average molecular weight is 270 g/mol. The zero-order valence-electron chi connectivity index (χ0n) is 11.2. The predicted octanol–water partition coefficient (Wildman–Crippen LogP) is 0.626. The zero-order valence-corrected chi connectivity index (χ0v) is 11.2. The Morgan fingerprint density at radius 2 is 2.26 bits per heavy atom. The van der Waals surface area contributed by atoms with Crippen LogP contribution in [0.4, 0.5) is 5.82 Å². The summed E-state index contributed by atoms with van der Waals surface area (Å²) < 4.78 is 6.38. The number of nitrogens with zero attached hydrogens (tertiary/aromatic N) is 3. The molecule has 8 heteroatoms. The van der Waals surface area contributed by atoms with Crippen LogP contribution >= 0.6 is 0 Å². The molecule has 0 amide bonds. The molecule has 0 aliphatic heterocycles. The van der Waals surface area contributed by atoms with Crippen LogP contribution in [0.5, 0.6) is 0 Å². The molecule has 0 aromatic carbocycles. The summed E-state index contributed by atoms with van der Waals surface area (Å²) in [5.41, 5.74) is 5.63. The highest BCUT2D eigenvalue weighted by Gasteiger charge is 2.21. The van der Waals surface area contributed by atoms with Gasteiger partial charge in [-0.1, -0.05) is 13.8 Å². The maximum atomic E-state index is 11.5. The van der Waals surface area contributed by atoms with Gasteiger partial charge >= 0.3 is 11.8 Å². The molecule has 0 spiro atoms. The second kappa shape index (κ2) is 6.28. The van der Waals surface area contributed by atoms with Gasteiger partial charge in [0.2, 0.25) is 0 Å². The average Bonchev–Trinajstić information content (AvgIpc) is 2.70. The summed E-state index contributed by atoms with van der Waals surface area (Å²) in [6.07, 6.45) is 1.18. The summed E-state index contributed by atoms with van der Waals surface area (Å²) in [5.74, 6) is -0.148. The van der Waals surface area contributed by atoms with Crippen LogP contribution in [0.15, 0.2) is 6.20 Å². The second-order valence-electron chi connectivity index (χ2n) is 4.51. The number of carbonyl (C=O) groups is 1. The first kappa shape index (κ1) is 15.1. The number of hydrogen-bond acceptors (Lipinski definition) is 6. The van der Waals surface area contributed by atoms with Crippen LogP contribution in [0.25, 0.3) is 0 Å². The Bertz CT molecular complexity index is 469. The van der Waals surface area contributed by atoms with Gasteiger partial charge in [-0.25, -0.2) is 9.55 Å². The highest BCUT2D eigenvalue weighted by molar-refractivity contribution is 5.75. The van der Waals surface area contributed by atoms with E-state index < -0.39 is 16.9 Å². The molecule has 1 unspecified atom stereocenters. The highest BCUT2D eigenvalue weighted by Crippen LogP contribution is 2.13. The summed E-state index contributed by atoms with van der Waals surface area (Å²) in [4.78, 5) is 25.6. The number of carbonyl (C=O) groups excluding carboxylic acids is 1. The molecule has 19 heavy (non-hydrogen) atoms. The van der Waals surface area contributed by atoms with Gasteiger partial charge in [-0.2, -0.15) is 0 Å². The quantitative estimate of drug-likeness (QED) is 0.460. The van der Waals surface area contributed by atoms with E-state index in [4.69, 9.17) is 10.5 Å². The monoisotopic (exact) mass is 270 g/mol. The Balaban J connectivity index is 2.57. The van der Waals surface area contributed by atoms with Gasteiger partial charge in [0.05, 0.1) is 0 Å². The van der Waals surface area contributed by atoms with E-state index in [-0.39, 0.29) is 24.9 Å². The molecule has 1 aromatic heterocycles. The molecule has 0 bridgehead atoms. The standard InChI is InChI=1S/C11H18N4O4/c1-7(2)10(12)11(16)19-5-4-14-8(3)13-6-9(14)15(17)18/h6-7,10H,4-5,12H2,1-3H3. The first-order valence-corrected chi connectivity index (χ1v) is 5.93. The van der Waals surface area contributed by atoms with E-state index in [9.17, 15) is 14.9 Å². The first-order chi connectivity index (χ1) is 8.84. The van der Waals surface area contributed by atoms with Gasteiger partial charge in [-0.15, -0.1) is 0 Å². The minimum absolute atomic E-state index is 0.0168. The first-order valence-electron chi connectivity index (χ1n) is 5.93. The minimum Gasteiger partial charge on any atom is -0.460 e. The number of ether oxygens (including phenoxy) is 1. The van der Waals surface area contributed by atoms with E-state index in [0.29, 0.717) is 5.82 Å². The molecular formula is C11H18N4O4. The fraction of sp³-hybridized carbons (Fsp3) is 0.636. The lowest BCUT2D eigenvalue weighted by molar-refractivity contribution is -0.392. The maximum Gasteiger partial charge on any atom is 0.342 e. The van der Waals surface area contributed by atoms with Gasteiger partial charge in [0.1, 0.15) is 25.4 Å². The molecule has 0 saturated carbocycles. The molecule has 106 valence electrons. The SMILES string of the molecule is Cc1ncc([N+](=O)[O-])n1CCOC(=O)C(N)C(C)C. The fourth-order valence-electron chi connectivity index (χ4n) is 1.48. The Kier molecular flexibility index (Phi) is 4.99. The van der Waals surface area contributed by atoms with Gasteiger partial charge in [0.25, 0.3) is 0 Å². The lowest BCUT2D eigenvalue weighted by Gasteiger charge is -2.14. The third-order valence-corrected chi connectivity index (χ3v) is 2.77. The van der Waals surface area contributed by atoms with Crippen molar-refractivity contribution >= 4 is 11.8 Å². The Morgan fingerprint density at radius 3 is 2.79 bits per heavy atom. The summed E-state index contributed by atoms with van der Waals surface area (Å²) in [6.45, 7) is 5.48. The third-order valence-electron chi connectivity index (χ3n) is 2.77. The largest absolute Gasteiger partial charge is 0.460 e. The van der Waals surface area contributed by atoms with Crippen LogP contribution < -0.4 is 5.73 Å². The van der Waals surface area contributed by atoms with Crippen molar-refractivity contribution in [2.45, 2.75) is 33.4 Å². The van der Waals surface area contributed by atoms with Crippen LogP contribution in [0.2, 0.25) is 0 Å². The molecule has 1 rings (SSSR count). The molecule has 0 aliphatic carbocycles. The lowest BCUT2D eigenvalue weighted by atomic mass is 10.1. The molecule has 0 saturated heterocycles. The Morgan fingerprint density at radius 1 is 1.63 bits per heavy atom. The van der Waals surface area contributed by atoms with E-state index in [2.05, 4.69) is 4.98 Å². The Hall–Kier alpha value is -1.96. The van der Waals surface area contributed by atoms with E-state index in [1.165, 1.54) is 10.8 Å². The van der Waals surface area contributed by atoms with Crippen LogP contribution in [-0.2, 0) is 16.1 Å². The number of nitro groups is 1. The molecule has 1 atom stereocenters. The van der Waals surface area contributed by atoms with Crippen molar-refractivity contribution in [3.63, 3.8) is 0 Å². The molecule has 0 fully saturated rings. The molecule has 0 aliphatic rings. The number of rotatable bonds is 6. The van der Waals surface area contributed by atoms with Gasteiger partial charge < -0.3 is 20.6 Å². The molecule has 2 N–H and O–H groups in total. The molecule has 0 radical (unpaired) electrons. The number of imidazole rings is 1. The minimum atomic E-state index is -0.682. The zero-order chi connectivity index (χ0) is 14.6. The summed E-state index contributed by atoms with van der Waals surface area (Å²) in [7, 11) is 0. The maximum absolute atomic E-state index is 11.5. The molecule has 1 heterocycles. The van der Waals surface area contributed by atoms with Gasteiger partial charge in [-0.3, -0.25) is 4.79 Å². The Labute approximate surface area is 110 Å².